The highest BCUT2D eigenvalue weighted by Gasteiger charge is 2.27. The van der Waals surface area contributed by atoms with Crippen molar-refractivity contribution in [3.8, 4) is 6.07 Å². The van der Waals surface area contributed by atoms with Crippen LogP contribution in [0.25, 0.3) is 0 Å². The molecular formula is C14H12BrN3. The molecule has 1 aromatic carbocycles. The molecule has 0 amide bonds. The molecule has 2 aromatic rings. The largest absolute Gasteiger partial charge is 0.318 e. The van der Waals surface area contributed by atoms with Crippen molar-refractivity contribution in [1.29, 1.82) is 5.26 Å². The van der Waals surface area contributed by atoms with Gasteiger partial charge in [0.25, 0.3) is 0 Å². The fourth-order valence-electron chi connectivity index (χ4n) is 1.88. The molecule has 3 nitrogen and oxygen atoms in total. The molecule has 0 bridgehead atoms. The van der Waals surface area contributed by atoms with Crippen LogP contribution < -0.4 is 5.73 Å². The monoisotopic (exact) mass is 301 g/mol. The lowest BCUT2D eigenvalue weighted by Gasteiger charge is -2.26. The summed E-state index contributed by atoms with van der Waals surface area (Å²) in [5, 5.41) is 9.11. The number of aromatic nitrogens is 1. The topological polar surface area (TPSA) is 62.7 Å². The average Bonchev–Trinajstić information content (AvgIpc) is 2.38. The van der Waals surface area contributed by atoms with E-state index in [9.17, 15) is 0 Å². The van der Waals surface area contributed by atoms with Gasteiger partial charge in [-0.25, -0.2) is 4.98 Å². The zero-order chi connectivity index (χ0) is 13.2. The molecule has 90 valence electrons. The van der Waals surface area contributed by atoms with Gasteiger partial charge in [-0.1, -0.05) is 34.1 Å². The van der Waals surface area contributed by atoms with Gasteiger partial charge in [0.05, 0.1) is 5.54 Å². The number of pyridine rings is 1. The Balaban J connectivity index is 2.58. The van der Waals surface area contributed by atoms with Gasteiger partial charge < -0.3 is 5.73 Å². The van der Waals surface area contributed by atoms with Gasteiger partial charge in [-0.2, -0.15) is 5.26 Å². The number of rotatable bonds is 2. The molecule has 2 rings (SSSR count). The number of nitrogens with zero attached hydrogens (tertiary/aromatic N) is 2. The highest BCUT2D eigenvalue weighted by Crippen LogP contribution is 2.29. The van der Waals surface area contributed by atoms with Crippen molar-refractivity contribution < 1.29 is 0 Å². The van der Waals surface area contributed by atoms with Crippen LogP contribution in [0, 0.1) is 11.3 Å². The number of halogens is 1. The Bertz CT molecular complexity index is 614. The summed E-state index contributed by atoms with van der Waals surface area (Å²) < 4.78 is 0.957. The van der Waals surface area contributed by atoms with Crippen molar-refractivity contribution in [3.05, 3.63) is 63.9 Å². The van der Waals surface area contributed by atoms with Crippen molar-refractivity contribution in [1.82, 2.24) is 4.98 Å². The molecule has 0 aliphatic heterocycles. The fraction of sp³-hybridized carbons (Fsp3) is 0.143. The summed E-state index contributed by atoms with van der Waals surface area (Å²) in [5.41, 5.74) is 7.67. The zero-order valence-corrected chi connectivity index (χ0v) is 11.5. The third-order valence-electron chi connectivity index (χ3n) is 2.90. The van der Waals surface area contributed by atoms with Crippen LogP contribution >= 0.6 is 15.9 Å². The van der Waals surface area contributed by atoms with E-state index in [0.717, 1.165) is 15.6 Å². The van der Waals surface area contributed by atoms with Crippen LogP contribution in [0.15, 0.2) is 47.1 Å². The van der Waals surface area contributed by atoms with Crippen LogP contribution in [0.4, 0.5) is 0 Å². The minimum absolute atomic E-state index is 0.363. The lowest BCUT2D eigenvalue weighted by molar-refractivity contribution is 0.597. The van der Waals surface area contributed by atoms with Crippen molar-refractivity contribution >= 4 is 15.9 Å². The lowest BCUT2D eigenvalue weighted by Crippen LogP contribution is -2.35. The molecule has 1 atom stereocenters. The van der Waals surface area contributed by atoms with E-state index in [0.29, 0.717) is 5.69 Å². The normalized spacial score (nSPS) is 13.7. The van der Waals surface area contributed by atoms with Crippen molar-refractivity contribution in [2.75, 3.05) is 0 Å². The Labute approximate surface area is 114 Å². The van der Waals surface area contributed by atoms with Crippen molar-refractivity contribution in [2.45, 2.75) is 12.5 Å². The van der Waals surface area contributed by atoms with Gasteiger partial charge >= 0.3 is 0 Å². The maximum Gasteiger partial charge on any atom is 0.145 e. The first-order chi connectivity index (χ1) is 8.55. The van der Waals surface area contributed by atoms with Gasteiger partial charge in [0.15, 0.2) is 0 Å². The quantitative estimate of drug-likeness (QED) is 0.927. The Morgan fingerprint density at radius 2 is 2.11 bits per heavy atom. The number of benzene rings is 1. The van der Waals surface area contributed by atoms with Crippen LogP contribution in [0.1, 0.15) is 23.7 Å². The van der Waals surface area contributed by atoms with Crippen LogP contribution in [0.5, 0.6) is 0 Å². The molecule has 2 N–H and O–H groups in total. The third kappa shape index (κ3) is 2.28. The predicted octanol–water partition coefficient (Wildman–Crippen LogP) is 2.94. The van der Waals surface area contributed by atoms with Crippen LogP contribution in [0.2, 0.25) is 0 Å². The summed E-state index contributed by atoms with van der Waals surface area (Å²) in [6, 6.07) is 13.5. The summed E-state index contributed by atoms with van der Waals surface area (Å²) in [6.07, 6.45) is 1.60. The number of nitrogens with two attached hydrogens (primary N) is 1. The minimum atomic E-state index is -0.747. The van der Waals surface area contributed by atoms with E-state index < -0.39 is 5.54 Å². The smallest absolute Gasteiger partial charge is 0.145 e. The number of nitriles is 1. The van der Waals surface area contributed by atoms with Gasteiger partial charge in [0.1, 0.15) is 11.8 Å². The van der Waals surface area contributed by atoms with E-state index in [1.807, 2.05) is 37.3 Å². The Kier molecular flexibility index (Phi) is 3.46. The summed E-state index contributed by atoms with van der Waals surface area (Å²) in [6.45, 7) is 1.88. The maximum absolute atomic E-state index is 9.11. The average molecular weight is 302 g/mol. The van der Waals surface area contributed by atoms with Gasteiger partial charge in [0, 0.05) is 16.2 Å². The summed E-state index contributed by atoms with van der Waals surface area (Å²) >= 11 is 3.43. The second-order valence-electron chi connectivity index (χ2n) is 4.22. The first kappa shape index (κ1) is 12.7. The fourth-order valence-corrected chi connectivity index (χ4v) is 2.28. The van der Waals surface area contributed by atoms with E-state index in [2.05, 4.69) is 27.0 Å². The zero-order valence-electron chi connectivity index (χ0n) is 9.89. The van der Waals surface area contributed by atoms with Gasteiger partial charge in [-0.05, 0) is 30.7 Å². The first-order valence-electron chi connectivity index (χ1n) is 5.46. The Hall–Kier alpha value is -1.70. The lowest BCUT2D eigenvalue weighted by atomic mass is 9.85. The molecular weight excluding hydrogens is 290 g/mol. The van der Waals surface area contributed by atoms with E-state index >= 15 is 0 Å². The molecule has 0 fully saturated rings. The molecule has 0 spiro atoms. The molecule has 18 heavy (non-hydrogen) atoms. The standard InChI is InChI=1S/C14H12BrN3/c1-14(17,10-4-2-5-11(15)8-10)12-6-3-7-18-13(12)9-16/h2-8H,17H2,1H3. The molecule has 1 aromatic heterocycles. The molecule has 1 heterocycles. The Morgan fingerprint density at radius 1 is 1.33 bits per heavy atom. The predicted molar refractivity (Wildman–Crippen MR) is 73.7 cm³/mol. The highest BCUT2D eigenvalue weighted by molar-refractivity contribution is 9.10. The summed E-state index contributed by atoms with van der Waals surface area (Å²) in [4.78, 5) is 4.06. The van der Waals surface area contributed by atoms with Gasteiger partial charge in [0.2, 0.25) is 0 Å². The second kappa shape index (κ2) is 4.89. The highest BCUT2D eigenvalue weighted by atomic mass is 79.9. The molecule has 1 unspecified atom stereocenters. The molecule has 0 saturated carbocycles. The van der Waals surface area contributed by atoms with Crippen LogP contribution in [0.3, 0.4) is 0 Å². The molecule has 0 aliphatic carbocycles. The van der Waals surface area contributed by atoms with E-state index in [-0.39, 0.29) is 0 Å². The second-order valence-corrected chi connectivity index (χ2v) is 5.14. The number of hydrogen-bond acceptors (Lipinski definition) is 3. The minimum Gasteiger partial charge on any atom is -0.318 e. The molecule has 0 saturated heterocycles. The summed E-state index contributed by atoms with van der Waals surface area (Å²) in [7, 11) is 0. The van der Waals surface area contributed by atoms with Gasteiger partial charge in [-0.3, -0.25) is 0 Å². The first-order valence-corrected chi connectivity index (χ1v) is 6.25. The van der Waals surface area contributed by atoms with Crippen LogP contribution in [-0.4, -0.2) is 4.98 Å². The molecule has 0 radical (unpaired) electrons. The van der Waals surface area contributed by atoms with Crippen LogP contribution in [-0.2, 0) is 5.54 Å². The maximum atomic E-state index is 9.11. The molecule has 0 aliphatic rings. The van der Waals surface area contributed by atoms with Crippen molar-refractivity contribution in [3.63, 3.8) is 0 Å². The third-order valence-corrected chi connectivity index (χ3v) is 3.39. The van der Waals surface area contributed by atoms with Gasteiger partial charge in [-0.15, -0.1) is 0 Å². The van der Waals surface area contributed by atoms with Crippen molar-refractivity contribution in [2.24, 2.45) is 5.73 Å². The Morgan fingerprint density at radius 3 is 2.78 bits per heavy atom. The number of hydrogen-bond donors (Lipinski definition) is 1. The SMILES string of the molecule is CC(N)(c1cccc(Br)c1)c1cccnc1C#N. The van der Waals surface area contributed by atoms with E-state index in [4.69, 9.17) is 11.0 Å². The van der Waals surface area contributed by atoms with E-state index in [1.165, 1.54) is 0 Å². The van der Waals surface area contributed by atoms with E-state index in [1.54, 1.807) is 12.3 Å². The molecule has 4 heteroatoms. The summed E-state index contributed by atoms with van der Waals surface area (Å²) in [5.74, 6) is 0.